The van der Waals surface area contributed by atoms with Crippen molar-refractivity contribution >= 4 is 33.1 Å². The zero-order valence-corrected chi connectivity index (χ0v) is 17.4. The Kier molecular flexibility index (Phi) is 4.96. The van der Waals surface area contributed by atoms with Gasteiger partial charge >= 0.3 is 0 Å². The van der Waals surface area contributed by atoms with Crippen LogP contribution in [0.2, 0.25) is 0 Å². The van der Waals surface area contributed by atoms with Gasteiger partial charge in [0, 0.05) is 33.5 Å². The van der Waals surface area contributed by atoms with Crippen molar-refractivity contribution in [3.63, 3.8) is 0 Å². The molecule has 0 aliphatic rings. The predicted molar refractivity (Wildman–Crippen MR) is 118 cm³/mol. The molecule has 4 nitrogen and oxygen atoms in total. The number of aromatic nitrogens is 2. The molecule has 0 fully saturated rings. The Hall–Kier alpha value is -2.99. The van der Waals surface area contributed by atoms with E-state index in [9.17, 15) is 9.18 Å². The Bertz CT molecular complexity index is 1220. The minimum Gasteiger partial charge on any atom is -0.332 e. The maximum Gasteiger partial charge on any atom is 0.251 e. The average Bonchev–Trinajstić information content (AvgIpc) is 3.07. The van der Waals surface area contributed by atoms with E-state index in [0.29, 0.717) is 12.0 Å². The second-order valence-electron chi connectivity index (χ2n) is 8.06. The highest BCUT2D eigenvalue weighted by molar-refractivity contribution is 7.15. The molecule has 2 N–H and O–H groups in total. The summed E-state index contributed by atoms with van der Waals surface area (Å²) in [7, 11) is 0. The van der Waals surface area contributed by atoms with Gasteiger partial charge in [0.05, 0.1) is 5.69 Å². The Balaban J connectivity index is 1.71. The maximum absolute atomic E-state index is 13.2. The summed E-state index contributed by atoms with van der Waals surface area (Å²) < 4.78 is 13.2. The molecule has 4 rings (SSSR count). The van der Waals surface area contributed by atoms with Crippen LogP contribution in [0.3, 0.4) is 0 Å². The smallest absolute Gasteiger partial charge is 0.251 e. The van der Waals surface area contributed by atoms with Crippen LogP contribution < -0.4 is 10.9 Å². The van der Waals surface area contributed by atoms with Crippen LogP contribution in [0.1, 0.15) is 36.9 Å². The molecule has 0 radical (unpaired) electrons. The highest BCUT2D eigenvalue weighted by atomic mass is 32.1. The summed E-state index contributed by atoms with van der Waals surface area (Å²) in [6.45, 7) is 6.33. The molecular weight excluding hydrogens is 385 g/mol. The summed E-state index contributed by atoms with van der Waals surface area (Å²) in [5, 5.41) is 4.99. The monoisotopic (exact) mass is 407 g/mol. The number of H-pyrrole nitrogens is 1. The van der Waals surface area contributed by atoms with Crippen LogP contribution in [-0.2, 0) is 11.8 Å². The van der Waals surface area contributed by atoms with Gasteiger partial charge in [-0.1, -0.05) is 39.0 Å². The van der Waals surface area contributed by atoms with Gasteiger partial charge in [0.1, 0.15) is 5.82 Å². The quantitative estimate of drug-likeness (QED) is 0.452. The van der Waals surface area contributed by atoms with Crippen molar-refractivity contribution < 1.29 is 4.39 Å². The first kappa shape index (κ1) is 19.3. The van der Waals surface area contributed by atoms with Gasteiger partial charge in [-0.15, -0.1) is 11.3 Å². The molecule has 0 atom stereocenters. The molecule has 0 aliphatic heterocycles. The molecule has 0 saturated heterocycles. The Labute approximate surface area is 172 Å². The second kappa shape index (κ2) is 7.44. The zero-order valence-electron chi connectivity index (χ0n) is 16.5. The molecule has 4 aromatic rings. The molecule has 29 heavy (non-hydrogen) atoms. The zero-order chi connectivity index (χ0) is 20.6. The third kappa shape index (κ3) is 4.22. The number of thiazole rings is 1. The molecule has 0 amide bonds. The van der Waals surface area contributed by atoms with E-state index >= 15 is 0 Å². The van der Waals surface area contributed by atoms with Crippen molar-refractivity contribution in [2.24, 2.45) is 0 Å². The average molecular weight is 408 g/mol. The van der Waals surface area contributed by atoms with Crippen LogP contribution in [-0.4, -0.2) is 9.97 Å². The number of anilines is 2. The minimum absolute atomic E-state index is 0.0787. The van der Waals surface area contributed by atoms with Gasteiger partial charge in [-0.3, -0.25) is 4.79 Å². The van der Waals surface area contributed by atoms with Crippen LogP contribution in [0.5, 0.6) is 0 Å². The number of fused-ring (bicyclic) bond motifs is 1. The first-order valence-electron chi connectivity index (χ1n) is 9.43. The fourth-order valence-electron chi connectivity index (χ4n) is 3.26. The maximum atomic E-state index is 13.2. The third-order valence-electron chi connectivity index (χ3n) is 4.68. The second-order valence-corrected chi connectivity index (χ2v) is 9.14. The van der Waals surface area contributed by atoms with Gasteiger partial charge in [-0.2, -0.15) is 0 Å². The summed E-state index contributed by atoms with van der Waals surface area (Å²) in [5.41, 5.74) is 3.03. The molecule has 2 aromatic carbocycles. The van der Waals surface area contributed by atoms with E-state index in [0.717, 1.165) is 32.3 Å². The first-order chi connectivity index (χ1) is 13.8. The van der Waals surface area contributed by atoms with E-state index < -0.39 is 0 Å². The van der Waals surface area contributed by atoms with Crippen LogP contribution in [0, 0.1) is 5.82 Å². The normalized spacial score (nSPS) is 11.7. The number of benzene rings is 2. The number of rotatable bonds is 4. The standard InChI is InChI=1S/C23H22FN3OS/c1-23(2,3)20-19(29-22(27-20)25-17-10-8-16(24)9-11-17)13-15-12-14-6-4-5-7-18(14)26-21(15)28/h4-12H,13H2,1-3H3,(H,25,27)(H,26,28). The van der Waals surface area contributed by atoms with Crippen LogP contribution in [0.4, 0.5) is 15.2 Å². The fourth-order valence-corrected chi connectivity index (χ4v) is 4.48. The number of pyridine rings is 1. The third-order valence-corrected chi connectivity index (χ3v) is 5.66. The first-order valence-corrected chi connectivity index (χ1v) is 10.2. The molecule has 6 heteroatoms. The lowest BCUT2D eigenvalue weighted by Crippen LogP contribution is -2.17. The van der Waals surface area contributed by atoms with Crippen LogP contribution in [0.25, 0.3) is 10.9 Å². The van der Waals surface area contributed by atoms with Gasteiger partial charge in [-0.25, -0.2) is 9.37 Å². The van der Waals surface area contributed by atoms with E-state index in [1.54, 1.807) is 12.1 Å². The summed E-state index contributed by atoms with van der Waals surface area (Å²) in [5.74, 6) is -0.277. The molecule has 0 spiro atoms. The number of aromatic amines is 1. The molecule has 2 heterocycles. The minimum atomic E-state index is -0.277. The molecular formula is C23H22FN3OS. The van der Waals surface area contributed by atoms with E-state index in [1.807, 2.05) is 30.3 Å². The molecule has 0 unspecified atom stereocenters. The number of hydrogen-bond donors (Lipinski definition) is 2. The van der Waals surface area contributed by atoms with Crippen molar-refractivity contribution in [1.29, 1.82) is 0 Å². The molecule has 2 aromatic heterocycles. The Morgan fingerprint density at radius 1 is 1.10 bits per heavy atom. The van der Waals surface area contributed by atoms with Crippen LogP contribution >= 0.6 is 11.3 Å². The van der Waals surface area contributed by atoms with Crippen molar-refractivity contribution in [3.05, 3.63) is 86.9 Å². The molecule has 0 saturated carbocycles. The lowest BCUT2D eigenvalue weighted by molar-refractivity contribution is 0.568. The van der Waals surface area contributed by atoms with E-state index in [1.165, 1.54) is 23.5 Å². The lowest BCUT2D eigenvalue weighted by atomic mass is 9.90. The summed E-state index contributed by atoms with van der Waals surface area (Å²) in [6, 6.07) is 15.9. The largest absolute Gasteiger partial charge is 0.332 e. The van der Waals surface area contributed by atoms with Crippen molar-refractivity contribution in [2.75, 3.05) is 5.32 Å². The van der Waals surface area contributed by atoms with Gasteiger partial charge in [0.25, 0.3) is 5.56 Å². The number of nitrogens with one attached hydrogen (secondary N) is 2. The molecule has 148 valence electrons. The lowest BCUT2D eigenvalue weighted by Gasteiger charge is -2.17. The molecule has 0 bridgehead atoms. The van der Waals surface area contributed by atoms with Gasteiger partial charge in [0.15, 0.2) is 5.13 Å². The number of nitrogens with zero attached hydrogens (tertiary/aromatic N) is 1. The highest BCUT2D eigenvalue weighted by Gasteiger charge is 2.24. The topological polar surface area (TPSA) is 57.8 Å². The van der Waals surface area contributed by atoms with E-state index in [2.05, 4.69) is 31.1 Å². The van der Waals surface area contributed by atoms with E-state index in [-0.39, 0.29) is 16.8 Å². The van der Waals surface area contributed by atoms with Crippen molar-refractivity contribution in [2.45, 2.75) is 32.6 Å². The Morgan fingerprint density at radius 3 is 2.55 bits per heavy atom. The SMILES string of the molecule is CC(C)(C)c1nc(Nc2ccc(F)cc2)sc1Cc1cc2ccccc2[nH]c1=O. The predicted octanol–water partition coefficient (Wildman–Crippen LogP) is 5.76. The molecule has 0 aliphatic carbocycles. The van der Waals surface area contributed by atoms with Crippen LogP contribution in [0.15, 0.2) is 59.4 Å². The van der Waals surface area contributed by atoms with E-state index in [4.69, 9.17) is 4.98 Å². The van der Waals surface area contributed by atoms with Crippen molar-refractivity contribution in [1.82, 2.24) is 9.97 Å². The summed E-state index contributed by atoms with van der Waals surface area (Å²) >= 11 is 1.53. The Morgan fingerprint density at radius 2 is 1.83 bits per heavy atom. The highest BCUT2D eigenvalue weighted by Crippen LogP contribution is 2.34. The summed E-state index contributed by atoms with van der Waals surface area (Å²) in [6.07, 6.45) is 0.509. The van der Waals surface area contributed by atoms with Gasteiger partial charge in [-0.05, 0) is 41.8 Å². The van der Waals surface area contributed by atoms with Gasteiger partial charge in [0.2, 0.25) is 0 Å². The number of para-hydroxylation sites is 1. The number of hydrogen-bond acceptors (Lipinski definition) is 4. The summed E-state index contributed by atoms with van der Waals surface area (Å²) in [4.78, 5) is 21.4. The number of halogens is 1. The fraction of sp³-hybridized carbons (Fsp3) is 0.217. The van der Waals surface area contributed by atoms with Crippen molar-refractivity contribution in [3.8, 4) is 0 Å². The van der Waals surface area contributed by atoms with Gasteiger partial charge < -0.3 is 10.3 Å².